The number of hydrogen-bond donors (Lipinski definition) is 0. The lowest BCUT2D eigenvalue weighted by Gasteiger charge is -2.62. The first kappa shape index (κ1) is 56.4. The fourth-order valence-electron chi connectivity index (χ4n) is 16.8. The lowest BCUT2D eigenvalue weighted by atomic mass is 9.39. The first-order chi connectivity index (χ1) is 44.9. The van der Waals surface area contributed by atoms with Crippen LogP contribution < -0.4 is 9.80 Å². The molecule has 0 saturated heterocycles. The van der Waals surface area contributed by atoms with Crippen LogP contribution >= 0.6 is 0 Å². The second kappa shape index (κ2) is 22.0. The van der Waals surface area contributed by atoms with E-state index < -0.39 is 21.7 Å². The molecule has 442 valence electrons. The van der Waals surface area contributed by atoms with Crippen LogP contribution in [0.2, 0.25) is 0 Å². The Hall–Kier alpha value is -10.8. The molecular formula is C90H72N2. The molecule has 2 atom stereocenters. The Kier molecular flexibility index (Phi) is 13.5. The molecule has 14 aromatic carbocycles. The molecule has 0 heterocycles. The van der Waals surface area contributed by atoms with Crippen molar-refractivity contribution >= 4 is 55.7 Å². The molecule has 2 aliphatic rings. The largest absolute Gasteiger partial charge is 0.310 e. The number of hydrogen-bond acceptors (Lipinski definition) is 2. The Balaban J connectivity index is 1.04. The van der Waals surface area contributed by atoms with Crippen molar-refractivity contribution in [3.05, 3.63) is 350 Å². The molecular weight excluding hydrogens is 1110 g/mol. The highest BCUT2D eigenvalue weighted by Gasteiger charge is 2.71. The molecule has 0 N–H and O–H groups in total. The molecule has 0 fully saturated rings. The summed E-state index contributed by atoms with van der Waals surface area (Å²) in [4.78, 5) is 5.13. The van der Waals surface area contributed by atoms with Crippen molar-refractivity contribution in [3.8, 4) is 66.8 Å². The van der Waals surface area contributed by atoms with Gasteiger partial charge in [0.25, 0.3) is 0 Å². The van der Waals surface area contributed by atoms with Gasteiger partial charge in [0.05, 0.1) is 11.4 Å². The zero-order valence-electron chi connectivity index (χ0n) is 53.1. The molecule has 0 bridgehead atoms. The molecule has 0 spiro atoms. The molecule has 2 nitrogen and oxygen atoms in total. The number of fused-ring (bicyclic) bond motifs is 10. The van der Waals surface area contributed by atoms with E-state index in [0.29, 0.717) is 0 Å². The van der Waals surface area contributed by atoms with Crippen molar-refractivity contribution in [1.29, 1.82) is 0 Å². The molecule has 2 unspecified atom stereocenters. The fraction of sp³-hybridized carbons (Fsp3) is 0.111. The monoisotopic (exact) mass is 1180 g/mol. The summed E-state index contributed by atoms with van der Waals surface area (Å²) in [5, 5.41) is 4.86. The molecule has 16 rings (SSSR count). The van der Waals surface area contributed by atoms with E-state index in [1.54, 1.807) is 0 Å². The molecule has 2 aliphatic carbocycles. The van der Waals surface area contributed by atoms with Crippen molar-refractivity contribution in [2.45, 2.75) is 52.4 Å². The van der Waals surface area contributed by atoms with Gasteiger partial charge in [-0.2, -0.15) is 0 Å². The predicted molar refractivity (Wildman–Crippen MR) is 390 cm³/mol. The fourth-order valence-corrected chi connectivity index (χ4v) is 16.8. The molecule has 14 aromatic rings. The number of rotatable bonds is 11. The Labute approximate surface area is 542 Å². The Morgan fingerprint density at radius 2 is 0.467 bits per heavy atom. The number of anilines is 6. The summed E-state index contributed by atoms with van der Waals surface area (Å²) in [5.74, 6) is 0. The summed E-state index contributed by atoms with van der Waals surface area (Å²) in [7, 11) is 0. The van der Waals surface area contributed by atoms with E-state index in [-0.39, 0.29) is 0 Å². The molecule has 0 aliphatic heterocycles. The summed E-state index contributed by atoms with van der Waals surface area (Å²) in [6.45, 7) is 15.3. The first-order valence-corrected chi connectivity index (χ1v) is 32.5. The Morgan fingerprint density at radius 3 is 0.761 bits per heavy atom. The summed E-state index contributed by atoms with van der Waals surface area (Å²) in [6.07, 6.45) is 0. The summed E-state index contributed by atoms with van der Waals surface area (Å²) in [6, 6.07) is 123. The molecule has 0 amide bonds. The van der Waals surface area contributed by atoms with Gasteiger partial charge >= 0.3 is 0 Å². The van der Waals surface area contributed by atoms with Crippen LogP contribution in [0.4, 0.5) is 34.1 Å². The van der Waals surface area contributed by atoms with Gasteiger partial charge in [0, 0.05) is 44.4 Å². The van der Waals surface area contributed by atoms with Gasteiger partial charge < -0.3 is 9.80 Å². The minimum Gasteiger partial charge on any atom is -0.310 e. The van der Waals surface area contributed by atoms with Crippen molar-refractivity contribution < 1.29 is 0 Å². The molecule has 2 heteroatoms. The molecule has 0 saturated carbocycles. The van der Waals surface area contributed by atoms with E-state index in [1.165, 1.54) is 88.3 Å². The second-order valence-corrected chi connectivity index (χ2v) is 27.2. The second-order valence-electron chi connectivity index (χ2n) is 27.2. The van der Waals surface area contributed by atoms with Gasteiger partial charge in [-0.05, 0) is 171 Å². The van der Waals surface area contributed by atoms with E-state index in [0.717, 1.165) is 56.4 Å². The molecule has 0 radical (unpaired) electrons. The highest BCUT2D eigenvalue weighted by Crippen LogP contribution is 2.76. The standard InChI is InChI=1S/C90H72N2/c1-87(2,3)89(79-53-25-23-51-77(79)85-75-49-21-19-47-73(75)83(59-81(85)89)91(69-43-27-39-65(55-69)61-31-11-7-12-32-61)70-44-28-40-66(56-70)62-33-13-8-14-34-62)90(88(4,5)6)80-54-26-24-52-78(80)86-76-50-22-20-48-74(76)84(60-82(86)90)92(71-45-29-41-67(57-71)63-35-15-9-16-36-63)72-46-30-42-68(58-72)64-37-17-10-18-38-64/h7-60H,1-6H3. The normalized spacial score (nSPS) is 15.6. The van der Waals surface area contributed by atoms with Gasteiger partial charge in [-0.1, -0.05) is 308 Å². The van der Waals surface area contributed by atoms with Gasteiger partial charge in [0.2, 0.25) is 0 Å². The smallest absolute Gasteiger partial charge is 0.0543 e. The average Bonchev–Trinajstić information content (AvgIpc) is 1.45. The maximum Gasteiger partial charge on any atom is 0.0543 e. The van der Waals surface area contributed by atoms with Gasteiger partial charge in [-0.15, -0.1) is 0 Å². The minimum atomic E-state index is -0.751. The topological polar surface area (TPSA) is 6.48 Å². The van der Waals surface area contributed by atoms with Crippen molar-refractivity contribution in [2.75, 3.05) is 9.80 Å². The SMILES string of the molecule is CC(C)(C)C1(C2(C(C)(C)C)c3ccccc3-c3c2cc(N(c2cccc(-c4ccccc4)c2)c2cccc(-c4ccccc4)c2)c2ccccc32)c2ccccc2-c2c1cc(N(c1cccc(-c3ccccc3)c1)c1cccc(-c3ccccc3)c1)c1ccccc21. The summed E-state index contributed by atoms with van der Waals surface area (Å²) in [5.41, 5.74) is 24.1. The Morgan fingerprint density at radius 1 is 0.217 bits per heavy atom. The lowest BCUT2D eigenvalue weighted by molar-refractivity contribution is 0.0595. The number of nitrogens with zero attached hydrogens (tertiary/aromatic N) is 2. The van der Waals surface area contributed by atoms with E-state index in [9.17, 15) is 0 Å². The van der Waals surface area contributed by atoms with E-state index in [1.807, 2.05) is 0 Å². The lowest BCUT2D eigenvalue weighted by Crippen LogP contribution is -2.62. The highest BCUT2D eigenvalue weighted by molar-refractivity contribution is 6.14. The van der Waals surface area contributed by atoms with Crippen LogP contribution in [0.15, 0.2) is 328 Å². The molecule has 92 heavy (non-hydrogen) atoms. The van der Waals surface area contributed by atoms with Crippen molar-refractivity contribution in [2.24, 2.45) is 10.8 Å². The molecule has 0 aromatic heterocycles. The first-order valence-electron chi connectivity index (χ1n) is 32.5. The summed E-state index contributed by atoms with van der Waals surface area (Å²) >= 11 is 0. The Bertz CT molecular complexity index is 4640. The van der Waals surface area contributed by atoms with Crippen LogP contribution in [0, 0.1) is 10.8 Å². The average molecular weight is 1180 g/mol. The van der Waals surface area contributed by atoms with Gasteiger partial charge in [0.1, 0.15) is 0 Å². The maximum atomic E-state index is 2.67. The van der Waals surface area contributed by atoms with Crippen LogP contribution in [0.25, 0.3) is 88.3 Å². The van der Waals surface area contributed by atoms with E-state index in [2.05, 4.69) is 379 Å². The number of benzene rings is 14. The highest BCUT2D eigenvalue weighted by atomic mass is 15.2. The van der Waals surface area contributed by atoms with Crippen LogP contribution in [-0.4, -0.2) is 0 Å². The van der Waals surface area contributed by atoms with E-state index in [4.69, 9.17) is 0 Å². The van der Waals surface area contributed by atoms with E-state index >= 15 is 0 Å². The predicted octanol–water partition coefficient (Wildman–Crippen LogP) is 24.9. The van der Waals surface area contributed by atoms with Crippen molar-refractivity contribution in [3.63, 3.8) is 0 Å². The van der Waals surface area contributed by atoms with Gasteiger partial charge in [0.15, 0.2) is 0 Å². The van der Waals surface area contributed by atoms with Gasteiger partial charge in [-0.25, -0.2) is 0 Å². The van der Waals surface area contributed by atoms with Crippen LogP contribution in [0.3, 0.4) is 0 Å². The van der Waals surface area contributed by atoms with Gasteiger partial charge in [-0.3, -0.25) is 0 Å². The summed E-state index contributed by atoms with van der Waals surface area (Å²) < 4.78 is 0. The minimum absolute atomic E-state index is 0.457. The van der Waals surface area contributed by atoms with Crippen LogP contribution in [-0.2, 0) is 10.8 Å². The maximum absolute atomic E-state index is 2.67. The quantitative estimate of drug-likeness (QED) is 0.127. The van der Waals surface area contributed by atoms with Crippen LogP contribution in [0.1, 0.15) is 63.8 Å². The third-order valence-corrected chi connectivity index (χ3v) is 20.2. The third kappa shape index (κ3) is 8.68. The zero-order chi connectivity index (χ0) is 62.3. The third-order valence-electron chi connectivity index (χ3n) is 20.2. The van der Waals surface area contributed by atoms with Crippen LogP contribution in [0.5, 0.6) is 0 Å². The zero-order valence-corrected chi connectivity index (χ0v) is 53.1. The van der Waals surface area contributed by atoms with Crippen molar-refractivity contribution in [1.82, 2.24) is 0 Å².